The minimum Gasteiger partial charge on any atom is -0.387 e. The molecule has 2 aliphatic heterocycles. The molecular formula is C38H42ClF4N8O4+. The summed E-state index contributed by atoms with van der Waals surface area (Å²) in [4.78, 5) is 47.4. The number of imidazole rings is 1. The van der Waals surface area contributed by atoms with Gasteiger partial charge in [-0.1, -0.05) is 17.7 Å². The Bertz CT molecular complexity index is 2210. The van der Waals surface area contributed by atoms with Gasteiger partial charge in [0.1, 0.15) is 12.6 Å². The number of aromatic nitrogens is 4. The minimum absolute atomic E-state index is 0.0232. The molecule has 0 spiro atoms. The first kappa shape index (κ1) is 38.5. The van der Waals surface area contributed by atoms with E-state index in [0.29, 0.717) is 60.6 Å². The molecule has 3 fully saturated rings. The van der Waals surface area contributed by atoms with Crippen molar-refractivity contribution in [2.45, 2.75) is 51.3 Å². The van der Waals surface area contributed by atoms with E-state index in [-0.39, 0.29) is 69.7 Å². The number of benzene rings is 2. The summed E-state index contributed by atoms with van der Waals surface area (Å²) < 4.78 is 61.6. The monoisotopic (exact) mass is 785 g/mol. The fraction of sp³-hybridized carbons (Fsp3) is 0.447. The van der Waals surface area contributed by atoms with E-state index in [4.69, 9.17) is 11.6 Å². The molecule has 2 saturated heterocycles. The van der Waals surface area contributed by atoms with Gasteiger partial charge in [0.05, 0.1) is 42.3 Å². The molecule has 12 nitrogen and oxygen atoms in total. The fourth-order valence-corrected chi connectivity index (χ4v) is 8.17. The maximum Gasteiger partial charge on any atom is 0.291 e. The number of nitrogens with zero attached hydrogens (tertiary/aromatic N) is 7. The lowest BCUT2D eigenvalue weighted by Crippen LogP contribution is -2.58. The zero-order chi connectivity index (χ0) is 39.7. The van der Waals surface area contributed by atoms with Gasteiger partial charge in [0.15, 0.2) is 23.5 Å². The summed E-state index contributed by atoms with van der Waals surface area (Å²) in [5.74, 6) is -7.05. The first-order valence-electron chi connectivity index (χ1n) is 18.0. The van der Waals surface area contributed by atoms with Gasteiger partial charge >= 0.3 is 0 Å². The van der Waals surface area contributed by atoms with Gasteiger partial charge < -0.3 is 29.3 Å². The number of aliphatic hydroxyl groups excluding tert-OH is 1. The van der Waals surface area contributed by atoms with Crippen LogP contribution in [-0.4, -0.2) is 121 Å². The Kier molecular flexibility index (Phi) is 9.83. The summed E-state index contributed by atoms with van der Waals surface area (Å²) in [6.07, 6.45) is 0.891. The second kappa shape index (κ2) is 14.0. The summed E-state index contributed by atoms with van der Waals surface area (Å²) in [6.45, 7) is 5.05. The number of nitrogens with one attached hydrogen (secondary N) is 1. The smallest absolute Gasteiger partial charge is 0.291 e. The Balaban J connectivity index is 1.00. The summed E-state index contributed by atoms with van der Waals surface area (Å²) >= 11 is 6.52. The lowest BCUT2D eigenvalue weighted by atomic mass is 10.00. The lowest BCUT2D eigenvalue weighted by Gasteiger charge is -2.38. The van der Waals surface area contributed by atoms with E-state index >= 15 is 8.78 Å². The number of anilines is 1. The van der Waals surface area contributed by atoms with Crippen LogP contribution in [0.1, 0.15) is 45.2 Å². The number of halogens is 5. The van der Waals surface area contributed by atoms with E-state index in [0.717, 1.165) is 0 Å². The van der Waals surface area contributed by atoms with Crippen molar-refractivity contribution < 1.29 is 41.5 Å². The Morgan fingerprint density at radius 2 is 1.65 bits per heavy atom. The van der Waals surface area contributed by atoms with Gasteiger partial charge in [-0.15, -0.1) is 0 Å². The van der Waals surface area contributed by atoms with Gasteiger partial charge in [-0.2, -0.15) is 5.10 Å². The summed E-state index contributed by atoms with van der Waals surface area (Å²) in [6, 6.07) is 6.86. The predicted molar refractivity (Wildman–Crippen MR) is 196 cm³/mol. The van der Waals surface area contributed by atoms with E-state index in [9.17, 15) is 28.3 Å². The number of aliphatic hydroxyl groups is 1. The van der Waals surface area contributed by atoms with E-state index in [2.05, 4.69) is 15.4 Å². The molecule has 2 aromatic carbocycles. The highest BCUT2D eigenvalue weighted by Gasteiger charge is 2.57. The van der Waals surface area contributed by atoms with Crippen LogP contribution in [-0.2, 0) is 18.4 Å². The second-order valence-corrected chi connectivity index (χ2v) is 15.7. The molecule has 3 amide bonds. The van der Waals surface area contributed by atoms with Crippen LogP contribution in [0.25, 0.3) is 22.4 Å². The number of carbonyl (C=O) groups excluding carboxylic acids is 3. The minimum atomic E-state index is -2.75. The maximum atomic E-state index is 15.7. The highest BCUT2D eigenvalue weighted by Crippen LogP contribution is 2.50. The van der Waals surface area contributed by atoms with Crippen LogP contribution in [0.3, 0.4) is 0 Å². The lowest BCUT2D eigenvalue weighted by molar-refractivity contribution is -0.894. The molecule has 2 aromatic heterocycles. The zero-order valence-corrected chi connectivity index (χ0v) is 31.8. The molecule has 17 heteroatoms. The highest BCUT2D eigenvalue weighted by molar-refractivity contribution is 6.34. The van der Waals surface area contributed by atoms with Gasteiger partial charge in [-0.25, -0.2) is 22.5 Å². The third-order valence-corrected chi connectivity index (χ3v) is 11.5. The molecule has 292 valence electrons. The molecule has 2 N–H and O–H groups in total. The van der Waals surface area contributed by atoms with Crippen LogP contribution in [0.2, 0.25) is 5.02 Å². The quantitative estimate of drug-likeness (QED) is 0.194. The molecule has 55 heavy (non-hydrogen) atoms. The van der Waals surface area contributed by atoms with Gasteiger partial charge in [0.2, 0.25) is 0 Å². The van der Waals surface area contributed by atoms with Crippen molar-refractivity contribution in [2.24, 2.45) is 13.0 Å². The number of alkyl halides is 2. The first-order valence-corrected chi connectivity index (χ1v) is 18.4. The number of likely N-dealkylation sites (N-methyl/N-ethyl adjacent to an activating group) is 1. The van der Waals surface area contributed by atoms with Crippen LogP contribution in [0.4, 0.5) is 23.2 Å². The number of aryl methyl sites for hydroxylation is 1. The van der Waals surface area contributed by atoms with Gasteiger partial charge in [0, 0.05) is 86.6 Å². The molecule has 0 radical (unpaired) electrons. The SMILES string of the molecule is Cc1nn(CC2CC2(F)F)c(C)c1-c1ccc(-c2cnc(C(=O)Nc3ccc(C(=O)N4CCN(C(=O)[C@@H]5C[C@@H](O)C[N+]5(C)C)CC4)c(Cl)c3)n2C)c(F)c1F. The number of piperazine rings is 1. The summed E-state index contributed by atoms with van der Waals surface area (Å²) in [5, 5.41) is 17.2. The Morgan fingerprint density at radius 1 is 1.02 bits per heavy atom. The Morgan fingerprint density at radius 3 is 2.27 bits per heavy atom. The van der Waals surface area contributed by atoms with Gasteiger partial charge in [0.25, 0.3) is 23.6 Å². The standard InChI is InChI=1S/C38H41ClF4N8O4/c1-20-31(21(2)50(46-20)18-22-16-38(22,42)43)27-9-8-26(32(40)33(27)41)29-17-44-34(47(29)3)35(53)45-23-6-7-25(28(39)14-23)36(54)48-10-12-49(13-11-48)37(55)30-15-24(52)19-51(30,4)5/h6-9,14,17,22,24,30,52H,10-13,15-16,18-19H2,1-5H3/p+1/t22?,24-,30+/m1/s1. The molecule has 1 saturated carbocycles. The summed E-state index contributed by atoms with van der Waals surface area (Å²) in [5.41, 5.74) is 1.54. The van der Waals surface area contributed by atoms with Crippen LogP contribution in [0, 0.1) is 31.4 Å². The molecule has 4 heterocycles. The van der Waals surface area contributed by atoms with Crippen LogP contribution < -0.4 is 5.32 Å². The van der Waals surface area contributed by atoms with Crippen molar-refractivity contribution in [1.82, 2.24) is 29.1 Å². The highest BCUT2D eigenvalue weighted by atomic mass is 35.5. The van der Waals surface area contributed by atoms with E-state index in [1.165, 1.54) is 52.8 Å². The van der Waals surface area contributed by atoms with Gasteiger partial charge in [-0.3, -0.25) is 19.1 Å². The maximum absolute atomic E-state index is 15.7. The third kappa shape index (κ3) is 7.11. The normalized spacial score (nSPS) is 21.5. The van der Waals surface area contributed by atoms with Crippen molar-refractivity contribution in [2.75, 3.05) is 52.1 Å². The molecule has 4 aromatic rings. The summed E-state index contributed by atoms with van der Waals surface area (Å²) in [7, 11) is 5.34. The van der Waals surface area contributed by atoms with Crippen molar-refractivity contribution in [3.8, 4) is 22.4 Å². The number of hydrogen-bond donors (Lipinski definition) is 2. The number of carbonyl (C=O) groups is 3. The molecular weight excluding hydrogens is 744 g/mol. The number of likely N-dealkylation sites (tertiary alicyclic amines) is 1. The molecule has 1 aliphatic carbocycles. The first-order chi connectivity index (χ1) is 25.9. The van der Waals surface area contributed by atoms with Crippen LogP contribution >= 0.6 is 11.6 Å². The van der Waals surface area contributed by atoms with Gasteiger partial charge in [-0.05, 0) is 38.1 Å². The van der Waals surface area contributed by atoms with Crippen molar-refractivity contribution >= 4 is 35.0 Å². The average molecular weight is 786 g/mol. The average Bonchev–Trinajstić information content (AvgIpc) is 3.33. The van der Waals surface area contributed by atoms with Crippen molar-refractivity contribution in [3.63, 3.8) is 0 Å². The predicted octanol–water partition coefficient (Wildman–Crippen LogP) is 4.90. The van der Waals surface area contributed by atoms with Crippen LogP contribution in [0.15, 0.2) is 36.5 Å². The number of amides is 3. The van der Waals surface area contributed by atoms with E-state index in [1.807, 2.05) is 14.1 Å². The number of hydrogen-bond acceptors (Lipinski definition) is 6. The van der Waals surface area contributed by atoms with Crippen LogP contribution in [0.5, 0.6) is 0 Å². The molecule has 7 rings (SSSR count). The molecule has 0 bridgehead atoms. The molecule has 1 unspecified atom stereocenters. The molecule has 3 aliphatic rings. The zero-order valence-electron chi connectivity index (χ0n) is 31.0. The largest absolute Gasteiger partial charge is 0.387 e. The number of rotatable bonds is 8. The van der Waals surface area contributed by atoms with Crippen molar-refractivity contribution in [3.05, 3.63) is 76.0 Å². The van der Waals surface area contributed by atoms with Crippen molar-refractivity contribution in [1.29, 1.82) is 0 Å². The van der Waals surface area contributed by atoms with E-state index < -0.39 is 35.5 Å². The fourth-order valence-electron chi connectivity index (χ4n) is 7.90. The number of quaternary nitrogens is 1. The third-order valence-electron chi connectivity index (χ3n) is 11.2. The molecule has 3 atom stereocenters. The van der Waals surface area contributed by atoms with E-state index in [1.54, 1.807) is 23.6 Å². The second-order valence-electron chi connectivity index (χ2n) is 15.3. The topological polar surface area (TPSA) is 126 Å². The Hall–Kier alpha value is -4.80. The Labute approximate surface area is 319 Å².